The second kappa shape index (κ2) is 12.9. The molecule has 1 unspecified atom stereocenters. The van der Waals surface area contributed by atoms with Crippen LogP contribution in [0.25, 0.3) is 11.3 Å². The van der Waals surface area contributed by atoms with Crippen molar-refractivity contribution >= 4 is 23.2 Å². The lowest BCUT2D eigenvalue weighted by Crippen LogP contribution is -2.48. The number of carbonyl (C=O) groups is 2. The highest BCUT2D eigenvalue weighted by atomic mass is 16.5. The number of methoxy groups -OCH3 is 1. The highest BCUT2D eigenvalue weighted by molar-refractivity contribution is 6.00. The molecule has 5 rings (SSSR count). The van der Waals surface area contributed by atoms with Crippen LogP contribution >= 0.6 is 0 Å². The Hall–Kier alpha value is -4.76. The van der Waals surface area contributed by atoms with Crippen LogP contribution in [0.5, 0.6) is 5.75 Å². The summed E-state index contributed by atoms with van der Waals surface area (Å²) in [6.07, 6.45) is 1.91. The van der Waals surface area contributed by atoms with Crippen molar-refractivity contribution in [3.63, 3.8) is 0 Å². The zero-order valence-corrected chi connectivity index (χ0v) is 28.0. The number of hydrogen-bond donors (Lipinski definition) is 1. The molecular weight excluding hydrogens is 578 g/mol. The van der Waals surface area contributed by atoms with Gasteiger partial charge in [0.2, 0.25) is 5.91 Å². The molecule has 0 bridgehead atoms. The monoisotopic (exact) mass is 621 g/mol. The molecule has 9 nitrogen and oxygen atoms in total. The van der Waals surface area contributed by atoms with Crippen LogP contribution in [0.1, 0.15) is 59.4 Å². The Morgan fingerprint density at radius 2 is 1.72 bits per heavy atom. The first-order chi connectivity index (χ1) is 21.8. The number of aryl methyl sites for hydroxylation is 1. The van der Waals surface area contributed by atoms with E-state index < -0.39 is 0 Å². The van der Waals surface area contributed by atoms with Gasteiger partial charge in [0.05, 0.1) is 18.4 Å². The minimum absolute atomic E-state index is 0.0375. The van der Waals surface area contributed by atoms with Crippen molar-refractivity contribution in [2.45, 2.75) is 45.6 Å². The molecular formula is C37H43N5O4. The molecule has 1 aromatic heterocycles. The van der Waals surface area contributed by atoms with Gasteiger partial charge in [0.25, 0.3) is 5.56 Å². The van der Waals surface area contributed by atoms with Crippen molar-refractivity contribution < 1.29 is 14.3 Å². The van der Waals surface area contributed by atoms with E-state index >= 15 is 0 Å². The summed E-state index contributed by atoms with van der Waals surface area (Å²) in [5.41, 5.74) is 6.11. The van der Waals surface area contributed by atoms with Crippen LogP contribution in [0.3, 0.4) is 0 Å². The largest absolute Gasteiger partial charge is 0.496 e. The van der Waals surface area contributed by atoms with Gasteiger partial charge in [-0.1, -0.05) is 57.2 Å². The van der Waals surface area contributed by atoms with Gasteiger partial charge in [-0.2, -0.15) is 0 Å². The third kappa shape index (κ3) is 6.60. The number of Topliss-reactive ketones (excluding diaryl/α,β-unsaturated/α-hetero) is 1. The van der Waals surface area contributed by atoms with Gasteiger partial charge in [-0.25, -0.2) is 4.98 Å². The minimum atomic E-state index is -0.340. The van der Waals surface area contributed by atoms with Crippen molar-refractivity contribution in [1.29, 1.82) is 0 Å². The van der Waals surface area contributed by atoms with Gasteiger partial charge in [-0.05, 0) is 65.9 Å². The maximum absolute atomic E-state index is 13.5. The minimum Gasteiger partial charge on any atom is -0.496 e. The van der Waals surface area contributed by atoms with Gasteiger partial charge in [0.1, 0.15) is 11.8 Å². The Labute approximate surface area is 270 Å². The number of carbonyl (C=O) groups excluding carboxylic acids is 2. The van der Waals surface area contributed by atoms with Crippen LogP contribution in [0.2, 0.25) is 0 Å². The summed E-state index contributed by atoms with van der Waals surface area (Å²) in [5.74, 6) is 0.779. The number of piperazine rings is 1. The molecule has 2 heterocycles. The third-order valence-electron chi connectivity index (χ3n) is 8.84. The summed E-state index contributed by atoms with van der Waals surface area (Å²) in [5, 5.41) is 3.18. The molecule has 1 aliphatic rings. The van der Waals surface area contributed by atoms with Crippen molar-refractivity contribution in [1.82, 2.24) is 19.4 Å². The van der Waals surface area contributed by atoms with Crippen LogP contribution < -0.4 is 15.6 Å². The van der Waals surface area contributed by atoms with E-state index in [1.54, 1.807) is 25.3 Å². The standard InChI is InChI=1S/C37H43N5O4/c1-23-25(20-31(43)29-17-14-26(37(2,3)4)21-32(29)46-8)10-9-11-28(23)30-22-42(7)36(45)34(39-30)38-27-15-12-24(13-16-27)33-35(44)41(6)19-18-40(33)5/h9-17,21-22,33H,18-20H2,1-8H3,(H,38,39). The Kier molecular flexibility index (Phi) is 9.17. The number of rotatable bonds is 8. The van der Waals surface area contributed by atoms with E-state index in [2.05, 4.69) is 31.0 Å². The molecule has 1 fully saturated rings. The number of anilines is 2. The number of amides is 1. The molecule has 46 heavy (non-hydrogen) atoms. The van der Waals surface area contributed by atoms with Gasteiger partial charge >= 0.3 is 0 Å². The SMILES string of the molecule is COc1cc(C(C)(C)C)ccc1C(=O)Cc1cccc(-c2cn(C)c(=O)c(Nc3ccc(C4C(=O)N(C)CCN4C)cc3)n2)c1C. The van der Waals surface area contributed by atoms with Crippen molar-refractivity contribution in [2.24, 2.45) is 7.05 Å². The Morgan fingerprint density at radius 3 is 2.39 bits per heavy atom. The number of hydrogen-bond acceptors (Lipinski definition) is 7. The first kappa shape index (κ1) is 32.6. The van der Waals surface area contributed by atoms with E-state index in [0.29, 0.717) is 29.2 Å². The lowest BCUT2D eigenvalue weighted by molar-refractivity contribution is -0.139. The van der Waals surface area contributed by atoms with E-state index in [4.69, 9.17) is 9.72 Å². The topological polar surface area (TPSA) is 96.8 Å². The average molecular weight is 622 g/mol. The van der Waals surface area contributed by atoms with Gasteiger partial charge in [-0.3, -0.25) is 19.3 Å². The summed E-state index contributed by atoms with van der Waals surface area (Å²) in [6, 6.07) is 18.8. The zero-order chi connectivity index (χ0) is 33.3. The molecule has 3 aromatic carbocycles. The fourth-order valence-corrected chi connectivity index (χ4v) is 5.85. The second-order valence-electron chi connectivity index (χ2n) is 13.1. The second-order valence-corrected chi connectivity index (χ2v) is 13.1. The maximum Gasteiger partial charge on any atom is 0.293 e. The summed E-state index contributed by atoms with van der Waals surface area (Å²) in [7, 11) is 7.06. The molecule has 0 radical (unpaired) electrons. The van der Waals surface area contributed by atoms with Crippen LogP contribution in [0, 0.1) is 6.92 Å². The van der Waals surface area contributed by atoms with Gasteiger partial charge in [0, 0.05) is 51.1 Å². The van der Waals surface area contributed by atoms with Crippen LogP contribution in [0.4, 0.5) is 11.5 Å². The maximum atomic E-state index is 13.5. The fraction of sp³-hybridized carbons (Fsp3) is 0.351. The summed E-state index contributed by atoms with van der Waals surface area (Å²) in [4.78, 5) is 48.0. The number of ether oxygens (including phenoxy) is 1. The quantitative estimate of drug-likeness (QED) is 0.253. The summed E-state index contributed by atoms with van der Waals surface area (Å²) >= 11 is 0. The van der Waals surface area contributed by atoms with Gasteiger partial charge < -0.3 is 19.5 Å². The number of nitrogens with one attached hydrogen (secondary N) is 1. The van der Waals surface area contributed by atoms with E-state index in [9.17, 15) is 14.4 Å². The molecule has 0 saturated carbocycles. The van der Waals surface area contributed by atoms with E-state index in [1.165, 1.54) is 4.57 Å². The van der Waals surface area contributed by atoms with Crippen molar-refractivity contribution in [3.8, 4) is 17.0 Å². The highest BCUT2D eigenvalue weighted by Crippen LogP contribution is 2.31. The zero-order valence-electron chi connectivity index (χ0n) is 28.0. The molecule has 240 valence electrons. The lowest BCUT2D eigenvalue weighted by Gasteiger charge is -2.37. The Balaban J connectivity index is 1.40. The van der Waals surface area contributed by atoms with E-state index in [1.807, 2.05) is 81.7 Å². The normalized spacial score (nSPS) is 15.6. The first-order valence-corrected chi connectivity index (χ1v) is 15.5. The Bertz CT molecular complexity index is 1840. The van der Waals surface area contributed by atoms with E-state index in [0.717, 1.165) is 34.4 Å². The third-order valence-corrected chi connectivity index (χ3v) is 8.84. The molecule has 1 aliphatic heterocycles. The van der Waals surface area contributed by atoms with Crippen molar-refractivity contribution in [2.75, 3.05) is 39.6 Å². The number of nitrogens with zero attached hydrogens (tertiary/aromatic N) is 4. The lowest BCUT2D eigenvalue weighted by atomic mass is 9.85. The predicted molar refractivity (Wildman–Crippen MR) is 182 cm³/mol. The molecule has 1 atom stereocenters. The smallest absolute Gasteiger partial charge is 0.293 e. The van der Waals surface area contributed by atoms with Crippen LogP contribution in [-0.4, -0.2) is 65.3 Å². The molecule has 1 saturated heterocycles. The predicted octanol–water partition coefficient (Wildman–Crippen LogP) is 5.68. The van der Waals surface area contributed by atoms with Gasteiger partial charge in [-0.15, -0.1) is 0 Å². The van der Waals surface area contributed by atoms with Gasteiger partial charge in [0.15, 0.2) is 11.6 Å². The average Bonchev–Trinajstić information content (AvgIpc) is 3.02. The number of benzene rings is 3. The van der Waals surface area contributed by atoms with Crippen LogP contribution in [-0.2, 0) is 23.7 Å². The molecule has 0 aliphatic carbocycles. The molecule has 4 aromatic rings. The Morgan fingerprint density at radius 1 is 1.00 bits per heavy atom. The number of ketones is 1. The first-order valence-electron chi connectivity index (χ1n) is 15.5. The molecule has 0 spiro atoms. The number of likely N-dealkylation sites (N-methyl/N-ethyl adjacent to an activating group) is 2. The van der Waals surface area contributed by atoms with Crippen LogP contribution in [0.15, 0.2) is 71.7 Å². The highest BCUT2D eigenvalue weighted by Gasteiger charge is 2.32. The summed E-state index contributed by atoms with van der Waals surface area (Å²) in [6.45, 7) is 9.85. The van der Waals surface area contributed by atoms with E-state index in [-0.39, 0.29) is 40.9 Å². The van der Waals surface area contributed by atoms with Crippen molar-refractivity contribution in [3.05, 3.63) is 105 Å². The molecule has 1 N–H and O–H groups in total. The number of aromatic nitrogens is 2. The molecule has 1 amide bonds. The summed E-state index contributed by atoms with van der Waals surface area (Å²) < 4.78 is 7.11. The molecule has 9 heteroatoms. The fourth-order valence-electron chi connectivity index (χ4n) is 5.85.